The summed E-state index contributed by atoms with van der Waals surface area (Å²) in [4.78, 5) is 0. The lowest BCUT2D eigenvalue weighted by molar-refractivity contribution is 0.0547. The minimum absolute atomic E-state index is 0.563. The van der Waals surface area contributed by atoms with Crippen LogP contribution in [-0.4, -0.2) is 26.3 Å². The minimum atomic E-state index is 0.563. The number of ether oxygens (including phenoxy) is 1. The third-order valence-corrected chi connectivity index (χ3v) is 4.04. The van der Waals surface area contributed by atoms with Gasteiger partial charge in [-0.1, -0.05) is 28.1 Å². The summed E-state index contributed by atoms with van der Waals surface area (Å²) in [5, 5.41) is 3.47. The van der Waals surface area contributed by atoms with Gasteiger partial charge in [-0.15, -0.1) is 0 Å². The molecular formula is C14H20BrNO. The van der Waals surface area contributed by atoms with Crippen molar-refractivity contribution in [2.75, 3.05) is 20.3 Å². The van der Waals surface area contributed by atoms with Crippen LogP contribution in [-0.2, 0) is 11.2 Å². The standard InChI is InChI=1S/C14H20BrNO/c1-16-14(12-5-7-17-8-6-12)10-11-3-2-4-13(15)9-11/h2-4,9,12,14,16H,5-8,10H2,1H3. The zero-order chi connectivity index (χ0) is 12.1. The van der Waals surface area contributed by atoms with Crippen LogP contribution >= 0.6 is 15.9 Å². The van der Waals surface area contributed by atoms with Gasteiger partial charge < -0.3 is 10.1 Å². The summed E-state index contributed by atoms with van der Waals surface area (Å²) in [6, 6.07) is 9.16. The molecule has 94 valence electrons. The molecule has 0 aliphatic carbocycles. The predicted molar refractivity (Wildman–Crippen MR) is 74.2 cm³/mol. The van der Waals surface area contributed by atoms with Crippen molar-refractivity contribution in [3.05, 3.63) is 34.3 Å². The molecule has 1 aliphatic heterocycles. The highest BCUT2D eigenvalue weighted by molar-refractivity contribution is 9.10. The SMILES string of the molecule is CNC(Cc1cccc(Br)c1)C1CCOCC1. The fourth-order valence-corrected chi connectivity index (χ4v) is 2.99. The molecule has 0 amide bonds. The van der Waals surface area contributed by atoms with E-state index < -0.39 is 0 Å². The average molecular weight is 298 g/mol. The van der Waals surface area contributed by atoms with Crippen molar-refractivity contribution in [3.63, 3.8) is 0 Å². The van der Waals surface area contributed by atoms with E-state index in [2.05, 4.69) is 52.6 Å². The highest BCUT2D eigenvalue weighted by atomic mass is 79.9. The van der Waals surface area contributed by atoms with Crippen LogP contribution in [0.1, 0.15) is 18.4 Å². The molecular weight excluding hydrogens is 278 g/mol. The van der Waals surface area contributed by atoms with Gasteiger partial charge in [-0.3, -0.25) is 0 Å². The molecule has 1 aromatic carbocycles. The van der Waals surface area contributed by atoms with Crippen LogP contribution in [0.3, 0.4) is 0 Å². The first kappa shape index (κ1) is 13.1. The molecule has 1 heterocycles. The number of halogens is 1. The Kier molecular flexibility index (Phi) is 5.01. The molecule has 1 atom stereocenters. The topological polar surface area (TPSA) is 21.3 Å². The van der Waals surface area contributed by atoms with Gasteiger partial charge in [0.05, 0.1) is 0 Å². The van der Waals surface area contributed by atoms with Gasteiger partial charge in [0.1, 0.15) is 0 Å². The Morgan fingerprint density at radius 2 is 2.18 bits per heavy atom. The molecule has 3 heteroatoms. The molecule has 1 aromatic rings. The van der Waals surface area contributed by atoms with E-state index in [1.54, 1.807) is 0 Å². The monoisotopic (exact) mass is 297 g/mol. The van der Waals surface area contributed by atoms with Crippen molar-refractivity contribution < 1.29 is 4.74 Å². The first-order chi connectivity index (χ1) is 8.29. The molecule has 0 radical (unpaired) electrons. The fourth-order valence-electron chi connectivity index (χ4n) is 2.54. The van der Waals surface area contributed by atoms with Crippen LogP contribution in [0, 0.1) is 5.92 Å². The van der Waals surface area contributed by atoms with Crippen LogP contribution < -0.4 is 5.32 Å². The second-order valence-electron chi connectivity index (χ2n) is 4.68. The van der Waals surface area contributed by atoms with E-state index in [-0.39, 0.29) is 0 Å². The maximum absolute atomic E-state index is 5.43. The number of rotatable bonds is 4. The van der Waals surface area contributed by atoms with Gasteiger partial charge >= 0.3 is 0 Å². The second-order valence-corrected chi connectivity index (χ2v) is 5.59. The lowest BCUT2D eigenvalue weighted by Gasteiger charge is -2.30. The first-order valence-corrected chi connectivity index (χ1v) is 7.08. The van der Waals surface area contributed by atoms with E-state index >= 15 is 0 Å². The summed E-state index contributed by atoms with van der Waals surface area (Å²) in [5.74, 6) is 0.743. The van der Waals surface area contributed by atoms with Crippen molar-refractivity contribution in [1.82, 2.24) is 5.32 Å². The number of benzene rings is 1. The lowest BCUT2D eigenvalue weighted by atomic mass is 9.88. The van der Waals surface area contributed by atoms with Crippen molar-refractivity contribution in [2.24, 2.45) is 5.92 Å². The zero-order valence-electron chi connectivity index (χ0n) is 10.3. The Balaban J connectivity index is 1.98. The molecule has 2 rings (SSSR count). The highest BCUT2D eigenvalue weighted by Crippen LogP contribution is 2.22. The van der Waals surface area contributed by atoms with Crippen LogP contribution in [0.25, 0.3) is 0 Å². The summed E-state index contributed by atoms with van der Waals surface area (Å²) in [6.45, 7) is 1.84. The number of hydrogen-bond donors (Lipinski definition) is 1. The van der Waals surface area contributed by atoms with Crippen molar-refractivity contribution in [3.8, 4) is 0 Å². The van der Waals surface area contributed by atoms with E-state index in [1.807, 2.05) is 0 Å². The number of nitrogens with one attached hydrogen (secondary N) is 1. The molecule has 2 nitrogen and oxygen atoms in total. The minimum Gasteiger partial charge on any atom is -0.381 e. The van der Waals surface area contributed by atoms with Gasteiger partial charge in [-0.25, -0.2) is 0 Å². The van der Waals surface area contributed by atoms with E-state index in [9.17, 15) is 0 Å². The molecule has 0 aromatic heterocycles. The quantitative estimate of drug-likeness (QED) is 0.922. The van der Waals surface area contributed by atoms with Gasteiger partial charge in [-0.2, -0.15) is 0 Å². The zero-order valence-corrected chi connectivity index (χ0v) is 11.9. The Morgan fingerprint density at radius 1 is 1.41 bits per heavy atom. The molecule has 0 saturated carbocycles. The highest BCUT2D eigenvalue weighted by Gasteiger charge is 2.22. The van der Waals surface area contributed by atoms with Crippen LogP contribution in [0.4, 0.5) is 0 Å². The van der Waals surface area contributed by atoms with Gasteiger partial charge in [0, 0.05) is 23.7 Å². The van der Waals surface area contributed by atoms with Gasteiger partial charge in [0.25, 0.3) is 0 Å². The summed E-state index contributed by atoms with van der Waals surface area (Å²) < 4.78 is 6.59. The Morgan fingerprint density at radius 3 is 2.82 bits per heavy atom. The molecule has 1 fully saturated rings. The predicted octanol–water partition coefficient (Wildman–Crippen LogP) is 3.01. The number of likely N-dealkylation sites (N-methyl/N-ethyl adjacent to an activating group) is 1. The van der Waals surface area contributed by atoms with E-state index in [0.717, 1.165) is 30.0 Å². The van der Waals surface area contributed by atoms with Gasteiger partial charge in [0.2, 0.25) is 0 Å². The third kappa shape index (κ3) is 3.80. The normalized spacial score (nSPS) is 19.2. The van der Waals surface area contributed by atoms with E-state index in [1.165, 1.54) is 18.4 Å². The lowest BCUT2D eigenvalue weighted by Crippen LogP contribution is -2.38. The van der Waals surface area contributed by atoms with Crippen molar-refractivity contribution in [1.29, 1.82) is 0 Å². The summed E-state index contributed by atoms with van der Waals surface area (Å²) in [6.07, 6.45) is 3.46. The molecule has 17 heavy (non-hydrogen) atoms. The fraction of sp³-hybridized carbons (Fsp3) is 0.571. The van der Waals surface area contributed by atoms with Crippen LogP contribution in [0.2, 0.25) is 0 Å². The smallest absolute Gasteiger partial charge is 0.0469 e. The van der Waals surface area contributed by atoms with Crippen molar-refractivity contribution >= 4 is 15.9 Å². The molecule has 1 unspecified atom stereocenters. The maximum Gasteiger partial charge on any atom is 0.0469 e. The summed E-state index contributed by atoms with van der Waals surface area (Å²) in [7, 11) is 2.07. The maximum atomic E-state index is 5.43. The Bertz CT molecular complexity index is 350. The Labute approximate surface area is 112 Å². The molecule has 1 N–H and O–H groups in total. The van der Waals surface area contributed by atoms with Crippen LogP contribution in [0.5, 0.6) is 0 Å². The largest absolute Gasteiger partial charge is 0.381 e. The first-order valence-electron chi connectivity index (χ1n) is 6.29. The molecule has 1 saturated heterocycles. The Hall–Kier alpha value is -0.380. The number of hydrogen-bond acceptors (Lipinski definition) is 2. The average Bonchev–Trinajstić information content (AvgIpc) is 2.37. The molecule has 1 aliphatic rings. The van der Waals surface area contributed by atoms with Gasteiger partial charge in [-0.05, 0) is 49.9 Å². The van der Waals surface area contributed by atoms with E-state index in [0.29, 0.717) is 6.04 Å². The molecule has 0 bridgehead atoms. The van der Waals surface area contributed by atoms with E-state index in [4.69, 9.17) is 4.74 Å². The molecule has 0 spiro atoms. The second kappa shape index (κ2) is 6.53. The van der Waals surface area contributed by atoms with Crippen LogP contribution in [0.15, 0.2) is 28.7 Å². The van der Waals surface area contributed by atoms with Gasteiger partial charge in [0.15, 0.2) is 0 Å². The summed E-state index contributed by atoms with van der Waals surface area (Å²) >= 11 is 3.53. The summed E-state index contributed by atoms with van der Waals surface area (Å²) in [5.41, 5.74) is 1.39. The third-order valence-electron chi connectivity index (χ3n) is 3.55. The van der Waals surface area contributed by atoms with Crippen molar-refractivity contribution in [2.45, 2.75) is 25.3 Å².